The number of nitrogens with one attached hydrogen (secondary N) is 1. The maximum Gasteiger partial charge on any atom is 0.265 e. The Morgan fingerprint density at radius 2 is 1.71 bits per heavy atom. The highest BCUT2D eigenvalue weighted by Crippen LogP contribution is 2.41. The van der Waals surface area contributed by atoms with Crippen LogP contribution >= 0.6 is 0 Å². The molecule has 1 fully saturated rings. The Kier molecular flexibility index (Phi) is 6.35. The number of para-hydroxylation sites is 1. The molecular weight excluding hydrogens is 424 g/mol. The number of hydrogen-bond donors (Lipinski definition) is 1. The van der Waals surface area contributed by atoms with Gasteiger partial charge in [-0.15, -0.1) is 0 Å². The highest BCUT2D eigenvalue weighted by atomic mass is 16.5. The molecule has 1 aliphatic carbocycles. The lowest BCUT2D eigenvalue weighted by molar-refractivity contribution is -0.134. The van der Waals surface area contributed by atoms with Crippen molar-refractivity contribution in [1.82, 2.24) is 4.90 Å². The van der Waals surface area contributed by atoms with Gasteiger partial charge in [-0.3, -0.25) is 9.59 Å². The van der Waals surface area contributed by atoms with Crippen molar-refractivity contribution in [3.05, 3.63) is 95.6 Å². The van der Waals surface area contributed by atoms with Crippen LogP contribution in [-0.4, -0.2) is 29.4 Å². The second kappa shape index (κ2) is 9.72. The first-order valence-corrected chi connectivity index (χ1v) is 12.1. The second-order valence-electron chi connectivity index (χ2n) is 9.10. The van der Waals surface area contributed by atoms with E-state index in [0.29, 0.717) is 12.2 Å². The minimum absolute atomic E-state index is 0.139. The summed E-state index contributed by atoms with van der Waals surface area (Å²) in [5, 5.41) is 2.93. The number of benzene rings is 3. The predicted octanol–water partition coefficient (Wildman–Crippen LogP) is 5.37. The normalized spacial score (nSPS) is 18.0. The Morgan fingerprint density at radius 1 is 1.00 bits per heavy atom. The van der Waals surface area contributed by atoms with Gasteiger partial charge in [0.2, 0.25) is 5.91 Å². The van der Waals surface area contributed by atoms with Crippen LogP contribution in [0.1, 0.15) is 48.9 Å². The summed E-state index contributed by atoms with van der Waals surface area (Å²) in [5.41, 5.74) is 4.16. The zero-order valence-electron chi connectivity index (χ0n) is 19.4. The van der Waals surface area contributed by atoms with Gasteiger partial charge >= 0.3 is 0 Å². The highest BCUT2D eigenvalue weighted by Gasteiger charge is 2.39. The van der Waals surface area contributed by atoms with Gasteiger partial charge in [0.1, 0.15) is 5.75 Å². The number of rotatable bonds is 7. The molecule has 1 N–H and O–H groups in total. The lowest BCUT2D eigenvalue weighted by Crippen LogP contribution is -2.41. The summed E-state index contributed by atoms with van der Waals surface area (Å²) in [6, 6.07) is 25.5. The molecule has 174 valence electrons. The summed E-state index contributed by atoms with van der Waals surface area (Å²) in [5.74, 6) is 0.893. The van der Waals surface area contributed by atoms with E-state index < -0.39 is 6.10 Å². The third kappa shape index (κ3) is 4.69. The maximum atomic E-state index is 13.2. The zero-order valence-corrected chi connectivity index (χ0v) is 19.4. The molecule has 2 atom stereocenters. The molecule has 5 heteroatoms. The number of carbonyl (C=O) groups excluding carboxylic acids is 2. The van der Waals surface area contributed by atoms with Crippen LogP contribution in [0.4, 0.5) is 5.69 Å². The molecule has 1 saturated carbocycles. The smallest absolute Gasteiger partial charge is 0.265 e. The molecule has 0 aromatic heterocycles. The maximum absolute atomic E-state index is 13.2. The summed E-state index contributed by atoms with van der Waals surface area (Å²) in [7, 11) is 0. The van der Waals surface area contributed by atoms with Crippen molar-refractivity contribution in [3.63, 3.8) is 0 Å². The van der Waals surface area contributed by atoms with Crippen LogP contribution in [0.5, 0.6) is 5.75 Å². The van der Waals surface area contributed by atoms with Crippen LogP contribution in [0.2, 0.25) is 0 Å². The zero-order chi connectivity index (χ0) is 23.5. The minimum atomic E-state index is -0.610. The first-order valence-electron chi connectivity index (χ1n) is 12.1. The molecule has 3 aromatic carbocycles. The van der Waals surface area contributed by atoms with Crippen molar-refractivity contribution in [2.45, 2.75) is 44.8 Å². The summed E-state index contributed by atoms with van der Waals surface area (Å²) >= 11 is 0. The fraction of sp³-hybridized carbons (Fsp3) is 0.310. The molecular formula is C29H30N2O3. The molecule has 34 heavy (non-hydrogen) atoms. The molecule has 1 aliphatic heterocycles. The van der Waals surface area contributed by atoms with E-state index in [1.54, 1.807) is 0 Å². The summed E-state index contributed by atoms with van der Waals surface area (Å²) < 4.78 is 6.19. The largest absolute Gasteiger partial charge is 0.481 e. The Morgan fingerprint density at radius 3 is 2.38 bits per heavy atom. The average Bonchev–Trinajstić information content (AvgIpc) is 3.73. The fourth-order valence-electron chi connectivity index (χ4n) is 4.69. The summed E-state index contributed by atoms with van der Waals surface area (Å²) in [6.45, 7) is 2.66. The summed E-state index contributed by atoms with van der Waals surface area (Å²) in [6.07, 6.45) is 2.73. The van der Waals surface area contributed by atoms with E-state index in [0.717, 1.165) is 42.6 Å². The SMILES string of the molecule is CCC(Oc1ccc2c(c1)C(c1ccccc1)N(C(=O)C1CC1)CC2)C(=O)Nc1ccccc1. The number of anilines is 1. The van der Waals surface area contributed by atoms with Crippen LogP contribution in [0.15, 0.2) is 78.9 Å². The van der Waals surface area contributed by atoms with Crippen LogP contribution in [0.25, 0.3) is 0 Å². The number of fused-ring (bicyclic) bond motifs is 1. The van der Waals surface area contributed by atoms with Crippen molar-refractivity contribution in [2.24, 2.45) is 5.92 Å². The van der Waals surface area contributed by atoms with Crippen molar-refractivity contribution in [3.8, 4) is 5.75 Å². The van der Waals surface area contributed by atoms with Gasteiger partial charge in [0, 0.05) is 18.2 Å². The number of ether oxygens (including phenoxy) is 1. The van der Waals surface area contributed by atoms with Gasteiger partial charge in [-0.25, -0.2) is 0 Å². The quantitative estimate of drug-likeness (QED) is 0.522. The average molecular weight is 455 g/mol. The Hall–Kier alpha value is -3.60. The molecule has 3 aromatic rings. The van der Waals surface area contributed by atoms with Gasteiger partial charge in [-0.2, -0.15) is 0 Å². The van der Waals surface area contributed by atoms with Crippen molar-refractivity contribution in [2.75, 3.05) is 11.9 Å². The van der Waals surface area contributed by atoms with E-state index in [1.165, 1.54) is 5.56 Å². The number of carbonyl (C=O) groups is 2. The van der Waals surface area contributed by atoms with E-state index in [2.05, 4.69) is 23.5 Å². The first-order chi connectivity index (χ1) is 16.6. The Labute approximate surface area is 200 Å². The topological polar surface area (TPSA) is 58.6 Å². The summed E-state index contributed by atoms with van der Waals surface area (Å²) in [4.78, 5) is 28.1. The third-order valence-corrected chi connectivity index (χ3v) is 6.65. The first kappa shape index (κ1) is 22.2. The van der Waals surface area contributed by atoms with E-state index in [4.69, 9.17) is 4.74 Å². The Balaban J connectivity index is 1.42. The standard InChI is InChI=1S/C29H30N2O3/c1-2-26(28(32)30-23-11-7-4-8-12-23)34-24-16-15-20-17-18-31(29(33)22-13-14-22)27(25(20)19-24)21-9-5-3-6-10-21/h3-12,15-16,19,22,26-27H,2,13-14,17-18H2,1H3,(H,30,32). The molecule has 5 rings (SSSR count). The van der Waals surface area contributed by atoms with E-state index in [9.17, 15) is 9.59 Å². The highest BCUT2D eigenvalue weighted by molar-refractivity contribution is 5.94. The second-order valence-corrected chi connectivity index (χ2v) is 9.10. The van der Waals surface area contributed by atoms with Crippen molar-refractivity contribution >= 4 is 17.5 Å². The molecule has 0 bridgehead atoms. The van der Waals surface area contributed by atoms with Crippen LogP contribution in [0, 0.1) is 5.92 Å². The van der Waals surface area contributed by atoms with E-state index in [1.807, 2.05) is 72.5 Å². The molecule has 5 nitrogen and oxygen atoms in total. The van der Waals surface area contributed by atoms with Crippen molar-refractivity contribution < 1.29 is 14.3 Å². The molecule has 2 aliphatic rings. The molecule has 0 spiro atoms. The van der Waals surface area contributed by atoms with Gasteiger partial charge in [-0.1, -0.05) is 61.5 Å². The minimum Gasteiger partial charge on any atom is -0.481 e. The van der Waals surface area contributed by atoms with Gasteiger partial charge in [0.05, 0.1) is 6.04 Å². The fourth-order valence-corrected chi connectivity index (χ4v) is 4.69. The van der Waals surface area contributed by atoms with Gasteiger partial charge in [-0.05, 0) is 66.6 Å². The van der Waals surface area contributed by atoms with Gasteiger partial charge < -0.3 is 15.0 Å². The number of nitrogens with zero attached hydrogens (tertiary/aromatic N) is 1. The molecule has 1 heterocycles. The molecule has 2 amide bonds. The van der Waals surface area contributed by atoms with Crippen LogP contribution in [-0.2, 0) is 16.0 Å². The Bertz CT molecular complexity index is 1160. The predicted molar refractivity (Wildman–Crippen MR) is 133 cm³/mol. The van der Waals surface area contributed by atoms with Crippen molar-refractivity contribution in [1.29, 1.82) is 0 Å². The molecule has 2 unspecified atom stereocenters. The lowest BCUT2D eigenvalue weighted by atomic mass is 9.87. The van der Waals surface area contributed by atoms with Crippen LogP contribution < -0.4 is 10.1 Å². The lowest BCUT2D eigenvalue weighted by Gasteiger charge is -2.38. The van der Waals surface area contributed by atoms with Gasteiger partial charge in [0.25, 0.3) is 5.91 Å². The monoisotopic (exact) mass is 454 g/mol. The number of amides is 2. The third-order valence-electron chi connectivity index (χ3n) is 6.65. The van der Waals surface area contributed by atoms with E-state index >= 15 is 0 Å². The van der Waals surface area contributed by atoms with E-state index in [-0.39, 0.29) is 23.8 Å². The number of hydrogen-bond acceptors (Lipinski definition) is 3. The van der Waals surface area contributed by atoms with Crippen LogP contribution in [0.3, 0.4) is 0 Å². The molecule has 0 radical (unpaired) electrons. The van der Waals surface area contributed by atoms with Gasteiger partial charge in [0.15, 0.2) is 6.10 Å². The molecule has 0 saturated heterocycles.